The van der Waals surface area contributed by atoms with Crippen LogP contribution in [0.4, 0.5) is 0 Å². The van der Waals surface area contributed by atoms with Crippen LogP contribution in [0, 0.1) is 23.7 Å². The monoisotopic (exact) mass is 178 g/mol. The summed E-state index contributed by atoms with van der Waals surface area (Å²) >= 11 is 0. The molecular formula is C11H14O2. The van der Waals surface area contributed by atoms with Crippen LogP contribution in [0.1, 0.15) is 6.42 Å². The summed E-state index contributed by atoms with van der Waals surface area (Å²) in [6.45, 7) is 0. The second-order valence-corrected chi connectivity index (χ2v) is 4.47. The van der Waals surface area contributed by atoms with Gasteiger partial charge in [0, 0.05) is 11.8 Å². The highest BCUT2D eigenvalue weighted by Gasteiger charge is 2.50. The summed E-state index contributed by atoms with van der Waals surface area (Å²) in [6, 6.07) is 0. The first-order valence-electron chi connectivity index (χ1n) is 5.00. The molecule has 3 aliphatic rings. The van der Waals surface area contributed by atoms with Crippen molar-refractivity contribution in [1.29, 1.82) is 0 Å². The van der Waals surface area contributed by atoms with Crippen molar-refractivity contribution in [2.24, 2.45) is 23.7 Å². The number of fused-ring (bicyclic) bond motifs is 5. The third-order valence-electron chi connectivity index (χ3n) is 3.88. The molecule has 0 heterocycles. The number of rotatable bonds is 0. The number of aliphatic hydroxyl groups excluding tert-OH is 2. The van der Waals surface area contributed by atoms with Gasteiger partial charge in [0.05, 0.1) is 12.2 Å². The van der Waals surface area contributed by atoms with Gasteiger partial charge in [0.1, 0.15) is 0 Å². The van der Waals surface area contributed by atoms with Crippen LogP contribution in [-0.2, 0) is 0 Å². The molecule has 0 aliphatic heterocycles. The van der Waals surface area contributed by atoms with E-state index in [0.29, 0.717) is 11.8 Å². The van der Waals surface area contributed by atoms with E-state index in [0.717, 1.165) is 6.42 Å². The second-order valence-electron chi connectivity index (χ2n) is 4.47. The van der Waals surface area contributed by atoms with Crippen molar-refractivity contribution in [1.82, 2.24) is 0 Å². The van der Waals surface area contributed by atoms with E-state index in [1.165, 1.54) is 0 Å². The third-order valence-corrected chi connectivity index (χ3v) is 3.88. The molecule has 0 amide bonds. The smallest absolute Gasteiger partial charge is 0.0759 e. The predicted octanol–water partition coefficient (Wildman–Crippen LogP) is 0.716. The largest absolute Gasteiger partial charge is 0.389 e. The Balaban J connectivity index is 2.00. The average Bonchev–Trinajstić information content (AvgIpc) is 2.70. The van der Waals surface area contributed by atoms with Crippen LogP contribution < -0.4 is 0 Å². The first-order valence-corrected chi connectivity index (χ1v) is 5.00. The van der Waals surface area contributed by atoms with E-state index in [2.05, 4.69) is 12.2 Å². The molecule has 4 unspecified atom stereocenters. The lowest BCUT2D eigenvalue weighted by atomic mass is 9.73. The molecule has 13 heavy (non-hydrogen) atoms. The van der Waals surface area contributed by atoms with E-state index in [9.17, 15) is 10.2 Å². The van der Waals surface area contributed by atoms with Gasteiger partial charge in [0.2, 0.25) is 0 Å². The van der Waals surface area contributed by atoms with Crippen LogP contribution >= 0.6 is 0 Å². The molecule has 1 fully saturated rings. The van der Waals surface area contributed by atoms with E-state index in [4.69, 9.17) is 0 Å². The van der Waals surface area contributed by atoms with E-state index < -0.39 is 0 Å². The van der Waals surface area contributed by atoms with Gasteiger partial charge >= 0.3 is 0 Å². The maximum atomic E-state index is 9.79. The number of allylic oxidation sites excluding steroid dienone is 2. The van der Waals surface area contributed by atoms with Gasteiger partial charge in [0.15, 0.2) is 0 Å². The molecule has 3 rings (SSSR count). The molecule has 0 spiro atoms. The summed E-state index contributed by atoms with van der Waals surface area (Å²) in [5, 5.41) is 19.6. The van der Waals surface area contributed by atoms with Gasteiger partial charge < -0.3 is 10.2 Å². The molecule has 2 N–H and O–H groups in total. The van der Waals surface area contributed by atoms with Gasteiger partial charge in [-0.15, -0.1) is 0 Å². The van der Waals surface area contributed by atoms with Crippen LogP contribution in [0.25, 0.3) is 0 Å². The molecule has 1 saturated carbocycles. The fourth-order valence-electron chi connectivity index (χ4n) is 3.34. The van der Waals surface area contributed by atoms with Gasteiger partial charge in [-0.25, -0.2) is 0 Å². The van der Waals surface area contributed by atoms with Crippen molar-refractivity contribution in [3.63, 3.8) is 0 Å². The topological polar surface area (TPSA) is 40.5 Å². The third kappa shape index (κ3) is 0.903. The second kappa shape index (κ2) is 2.46. The molecule has 2 heteroatoms. The number of aliphatic hydroxyl groups is 2. The average molecular weight is 178 g/mol. The van der Waals surface area contributed by atoms with Crippen LogP contribution in [0.15, 0.2) is 24.3 Å². The van der Waals surface area contributed by atoms with Crippen molar-refractivity contribution >= 4 is 0 Å². The predicted molar refractivity (Wildman–Crippen MR) is 48.9 cm³/mol. The van der Waals surface area contributed by atoms with E-state index >= 15 is 0 Å². The summed E-state index contributed by atoms with van der Waals surface area (Å²) < 4.78 is 0. The van der Waals surface area contributed by atoms with Gasteiger partial charge in [-0.05, 0) is 18.3 Å². The Bertz CT molecular complexity index is 256. The molecule has 0 aromatic carbocycles. The van der Waals surface area contributed by atoms with E-state index in [1.54, 1.807) is 12.2 Å². The molecule has 0 saturated heterocycles. The summed E-state index contributed by atoms with van der Waals surface area (Å²) in [4.78, 5) is 0. The van der Waals surface area contributed by atoms with Crippen molar-refractivity contribution in [2.75, 3.05) is 0 Å². The van der Waals surface area contributed by atoms with Gasteiger partial charge in [-0.1, -0.05) is 24.3 Å². The standard InChI is InChI=1S/C11H14O2/c12-8-3-4-9(13)11-7-2-1-6(5-7)10(8)11/h1-4,6-13H,5H2/t6?,7?,8-,9+,10?,11?. The lowest BCUT2D eigenvalue weighted by molar-refractivity contribution is 0.0277. The zero-order valence-corrected chi connectivity index (χ0v) is 7.38. The Morgan fingerprint density at radius 3 is 1.69 bits per heavy atom. The van der Waals surface area contributed by atoms with Crippen molar-refractivity contribution in [3.05, 3.63) is 24.3 Å². The van der Waals surface area contributed by atoms with E-state index in [1.807, 2.05) is 0 Å². The fourth-order valence-corrected chi connectivity index (χ4v) is 3.34. The minimum Gasteiger partial charge on any atom is -0.389 e. The van der Waals surface area contributed by atoms with Crippen LogP contribution in [0.5, 0.6) is 0 Å². The highest BCUT2D eigenvalue weighted by molar-refractivity contribution is 5.22. The van der Waals surface area contributed by atoms with Crippen molar-refractivity contribution < 1.29 is 10.2 Å². The summed E-state index contributed by atoms with van der Waals surface area (Å²) in [5.41, 5.74) is 0. The first-order chi connectivity index (χ1) is 6.27. The summed E-state index contributed by atoms with van der Waals surface area (Å²) in [5.74, 6) is 1.55. The number of hydrogen-bond acceptors (Lipinski definition) is 2. The van der Waals surface area contributed by atoms with Gasteiger partial charge in [-0.3, -0.25) is 0 Å². The van der Waals surface area contributed by atoms with Crippen LogP contribution in [0.2, 0.25) is 0 Å². The lowest BCUT2D eigenvalue weighted by Gasteiger charge is -2.36. The quantitative estimate of drug-likeness (QED) is 0.536. The molecule has 6 atom stereocenters. The van der Waals surface area contributed by atoms with Crippen LogP contribution in [-0.4, -0.2) is 22.4 Å². The molecular weight excluding hydrogens is 164 g/mol. The molecule has 3 aliphatic carbocycles. The Labute approximate surface area is 77.6 Å². The maximum Gasteiger partial charge on any atom is 0.0759 e. The van der Waals surface area contributed by atoms with Crippen molar-refractivity contribution in [2.45, 2.75) is 18.6 Å². The van der Waals surface area contributed by atoms with Gasteiger partial charge in [-0.2, -0.15) is 0 Å². The molecule has 0 radical (unpaired) electrons. The van der Waals surface area contributed by atoms with Crippen LogP contribution in [0.3, 0.4) is 0 Å². The Morgan fingerprint density at radius 1 is 0.769 bits per heavy atom. The Hall–Kier alpha value is -0.600. The zero-order chi connectivity index (χ0) is 9.00. The molecule has 0 aromatic heterocycles. The molecule has 0 aromatic rings. The van der Waals surface area contributed by atoms with Gasteiger partial charge in [0.25, 0.3) is 0 Å². The Morgan fingerprint density at radius 2 is 1.23 bits per heavy atom. The maximum absolute atomic E-state index is 9.79. The summed E-state index contributed by atoms with van der Waals surface area (Å²) in [6.07, 6.45) is 8.37. The fraction of sp³-hybridized carbons (Fsp3) is 0.636. The Kier molecular flexibility index (Phi) is 1.47. The first kappa shape index (κ1) is 7.77. The van der Waals surface area contributed by atoms with E-state index in [-0.39, 0.29) is 24.0 Å². The number of hydrogen-bond donors (Lipinski definition) is 2. The highest BCUT2D eigenvalue weighted by Crippen LogP contribution is 2.52. The minimum atomic E-state index is -0.339. The highest BCUT2D eigenvalue weighted by atomic mass is 16.3. The molecule has 2 bridgehead atoms. The van der Waals surface area contributed by atoms with Crippen molar-refractivity contribution in [3.8, 4) is 0 Å². The zero-order valence-electron chi connectivity index (χ0n) is 7.38. The normalized spacial score (nSPS) is 57.1. The lowest BCUT2D eigenvalue weighted by Crippen LogP contribution is -2.39. The molecule has 2 nitrogen and oxygen atoms in total. The summed E-state index contributed by atoms with van der Waals surface area (Å²) in [7, 11) is 0. The minimum absolute atomic E-state index is 0.273. The molecule has 70 valence electrons. The SMILES string of the molecule is O[C@@H]1C=C[C@H](O)C2C3C=CC(C3)C21.